The Bertz CT molecular complexity index is 351. The van der Waals surface area contributed by atoms with E-state index in [-0.39, 0.29) is 0 Å². The largest absolute Gasteiger partial charge is 0.481 e. The molecule has 0 amide bonds. The molecule has 2 heterocycles. The van der Waals surface area contributed by atoms with Crippen molar-refractivity contribution in [3.05, 3.63) is 23.4 Å². The van der Waals surface area contributed by atoms with E-state index in [4.69, 9.17) is 10.5 Å². The van der Waals surface area contributed by atoms with Gasteiger partial charge in [0.05, 0.1) is 7.11 Å². The molecule has 0 spiro atoms. The summed E-state index contributed by atoms with van der Waals surface area (Å²) in [7, 11) is 1.64. The fourth-order valence-corrected chi connectivity index (χ4v) is 3.25. The minimum atomic E-state index is 0.490. The summed E-state index contributed by atoms with van der Waals surface area (Å²) in [4.78, 5) is 4.33. The van der Waals surface area contributed by atoms with Gasteiger partial charge in [-0.05, 0) is 36.1 Å². The number of ether oxygens (including phenoxy) is 1. The normalized spacial score (nSPS) is 20.8. The van der Waals surface area contributed by atoms with E-state index in [1.165, 1.54) is 29.9 Å². The zero-order valence-corrected chi connectivity index (χ0v) is 10.4. The van der Waals surface area contributed by atoms with Gasteiger partial charge >= 0.3 is 0 Å². The van der Waals surface area contributed by atoms with Crippen molar-refractivity contribution in [3.8, 4) is 5.88 Å². The molecule has 1 aliphatic rings. The molecule has 4 heteroatoms. The SMILES string of the molecule is COc1ncc(C2CCCSC2)cc1CN. The predicted octanol–water partition coefficient (Wildman–Crippen LogP) is 2.16. The number of nitrogens with zero attached hydrogens (tertiary/aromatic N) is 1. The maximum absolute atomic E-state index is 5.70. The van der Waals surface area contributed by atoms with Crippen molar-refractivity contribution < 1.29 is 4.74 Å². The Hall–Kier alpha value is -0.740. The zero-order chi connectivity index (χ0) is 11.4. The van der Waals surface area contributed by atoms with E-state index >= 15 is 0 Å². The quantitative estimate of drug-likeness (QED) is 0.876. The minimum Gasteiger partial charge on any atom is -0.481 e. The summed E-state index contributed by atoms with van der Waals surface area (Å²) >= 11 is 2.03. The van der Waals surface area contributed by atoms with Crippen LogP contribution in [0.1, 0.15) is 29.9 Å². The van der Waals surface area contributed by atoms with Crippen molar-refractivity contribution in [1.82, 2.24) is 4.98 Å². The van der Waals surface area contributed by atoms with E-state index in [0.29, 0.717) is 18.3 Å². The summed E-state index contributed by atoms with van der Waals surface area (Å²) in [5.41, 5.74) is 8.02. The Morgan fingerprint density at radius 2 is 2.50 bits per heavy atom. The van der Waals surface area contributed by atoms with Gasteiger partial charge in [0.1, 0.15) is 0 Å². The average Bonchev–Trinajstić information content (AvgIpc) is 2.39. The Balaban J connectivity index is 2.20. The number of pyridine rings is 1. The molecule has 1 fully saturated rings. The average molecular weight is 238 g/mol. The van der Waals surface area contributed by atoms with Gasteiger partial charge in [-0.15, -0.1) is 0 Å². The van der Waals surface area contributed by atoms with Gasteiger partial charge in [0.2, 0.25) is 5.88 Å². The summed E-state index contributed by atoms with van der Waals surface area (Å²) in [5, 5.41) is 0. The topological polar surface area (TPSA) is 48.1 Å². The van der Waals surface area contributed by atoms with Crippen molar-refractivity contribution in [1.29, 1.82) is 0 Å². The summed E-state index contributed by atoms with van der Waals surface area (Å²) < 4.78 is 5.18. The minimum absolute atomic E-state index is 0.490. The van der Waals surface area contributed by atoms with E-state index < -0.39 is 0 Å². The van der Waals surface area contributed by atoms with Crippen LogP contribution in [0.5, 0.6) is 5.88 Å². The van der Waals surface area contributed by atoms with Gasteiger partial charge in [-0.3, -0.25) is 0 Å². The monoisotopic (exact) mass is 238 g/mol. The molecule has 1 aromatic heterocycles. The fourth-order valence-electron chi connectivity index (χ4n) is 2.07. The molecule has 1 aliphatic heterocycles. The molecule has 2 N–H and O–H groups in total. The summed E-state index contributed by atoms with van der Waals surface area (Å²) in [6.07, 6.45) is 4.51. The van der Waals surface area contributed by atoms with E-state index in [9.17, 15) is 0 Å². The fraction of sp³-hybridized carbons (Fsp3) is 0.583. The third-order valence-corrected chi connectivity index (χ3v) is 4.21. The second-order valence-electron chi connectivity index (χ2n) is 4.06. The molecule has 1 aromatic rings. The van der Waals surface area contributed by atoms with E-state index in [1.54, 1.807) is 7.11 Å². The van der Waals surface area contributed by atoms with E-state index in [0.717, 1.165) is 5.56 Å². The number of nitrogens with two attached hydrogens (primary N) is 1. The Kier molecular flexibility index (Phi) is 4.07. The van der Waals surface area contributed by atoms with Crippen molar-refractivity contribution >= 4 is 11.8 Å². The molecular weight excluding hydrogens is 220 g/mol. The van der Waals surface area contributed by atoms with Crippen LogP contribution in [0.15, 0.2) is 12.3 Å². The molecule has 1 atom stereocenters. The first-order chi connectivity index (χ1) is 7.85. The molecule has 1 unspecified atom stereocenters. The van der Waals surface area contributed by atoms with Crippen LogP contribution in [0.2, 0.25) is 0 Å². The molecule has 88 valence electrons. The molecule has 0 aromatic carbocycles. The van der Waals surface area contributed by atoms with Crippen LogP contribution in [0.25, 0.3) is 0 Å². The smallest absolute Gasteiger partial charge is 0.217 e. The van der Waals surface area contributed by atoms with Crippen LogP contribution in [-0.4, -0.2) is 23.6 Å². The van der Waals surface area contributed by atoms with Crippen LogP contribution in [-0.2, 0) is 6.54 Å². The first kappa shape index (κ1) is 11.7. The number of hydrogen-bond donors (Lipinski definition) is 1. The lowest BCUT2D eigenvalue weighted by molar-refractivity contribution is 0.392. The van der Waals surface area contributed by atoms with E-state index in [1.807, 2.05) is 18.0 Å². The number of aromatic nitrogens is 1. The molecule has 1 saturated heterocycles. The van der Waals surface area contributed by atoms with Crippen LogP contribution in [0, 0.1) is 0 Å². The lowest BCUT2D eigenvalue weighted by Gasteiger charge is -2.22. The van der Waals surface area contributed by atoms with Crippen molar-refractivity contribution in [2.75, 3.05) is 18.6 Å². The molecule has 0 aliphatic carbocycles. The van der Waals surface area contributed by atoms with Crippen LogP contribution in [0.4, 0.5) is 0 Å². The van der Waals surface area contributed by atoms with Gasteiger partial charge in [0, 0.05) is 24.1 Å². The maximum Gasteiger partial charge on any atom is 0.217 e. The molecule has 0 bridgehead atoms. The van der Waals surface area contributed by atoms with Gasteiger partial charge in [0.25, 0.3) is 0 Å². The highest BCUT2D eigenvalue weighted by Crippen LogP contribution is 2.32. The zero-order valence-electron chi connectivity index (χ0n) is 9.61. The predicted molar refractivity (Wildman–Crippen MR) is 68.0 cm³/mol. The highest BCUT2D eigenvalue weighted by molar-refractivity contribution is 7.99. The number of thioether (sulfide) groups is 1. The summed E-state index contributed by atoms with van der Waals surface area (Å²) in [5.74, 6) is 3.80. The Morgan fingerprint density at radius 1 is 1.62 bits per heavy atom. The molecule has 3 nitrogen and oxygen atoms in total. The lowest BCUT2D eigenvalue weighted by Crippen LogP contribution is -2.11. The molecule has 0 saturated carbocycles. The molecule has 2 rings (SSSR count). The second kappa shape index (κ2) is 5.55. The lowest BCUT2D eigenvalue weighted by atomic mass is 9.96. The molecule has 16 heavy (non-hydrogen) atoms. The number of methoxy groups -OCH3 is 1. The van der Waals surface area contributed by atoms with Gasteiger partial charge in [-0.1, -0.05) is 0 Å². The highest BCUT2D eigenvalue weighted by atomic mass is 32.2. The number of rotatable bonds is 3. The van der Waals surface area contributed by atoms with Crippen LogP contribution in [0.3, 0.4) is 0 Å². The third-order valence-electron chi connectivity index (χ3n) is 2.99. The third kappa shape index (κ3) is 2.50. The first-order valence-corrected chi connectivity index (χ1v) is 6.81. The Labute approximate surface area is 101 Å². The van der Waals surface area contributed by atoms with E-state index in [2.05, 4.69) is 11.1 Å². The van der Waals surface area contributed by atoms with Crippen molar-refractivity contribution in [2.45, 2.75) is 25.3 Å². The van der Waals surface area contributed by atoms with Crippen molar-refractivity contribution in [2.24, 2.45) is 5.73 Å². The standard InChI is InChI=1S/C12H18N2OS/c1-15-12-10(6-13)5-11(7-14-12)9-3-2-4-16-8-9/h5,7,9H,2-4,6,8,13H2,1H3. The van der Waals surface area contributed by atoms with Gasteiger partial charge in [0.15, 0.2) is 0 Å². The first-order valence-electron chi connectivity index (χ1n) is 5.65. The van der Waals surface area contributed by atoms with Crippen LogP contribution < -0.4 is 10.5 Å². The van der Waals surface area contributed by atoms with Crippen molar-refractivity contribution in [3.63, 3.8) is 0 Å². The summed E-state index contributed by atoms with van der Waals surface area (Å²) in [6, 6.07) is 2.16. The van der Waals surface area contributed by atoms with Gasteiger partial charge in [-0.2, -0.15) is 11.8 Å². The number of hydrogen-bond acceptors (Lipinski definition) is 4. The maximum atomic E-state index is 5.70. The Morgan fingerprint density at radius 3 is 3.12 bits per heavy atom. The summed E-state index contributed by atoms with van der Waals surface area (Å²) in [6.45, 7) is 0.490. The molecule has 0 radical (unpaired) electrons. The second-order valence-corrected chi connectivity index (χ2v) is 5.21. The molecular formula is C12H18N2OS. The van der Waals surface area contributed by atoms with Gasteiger partial charge in [-0.25, -0.2) is 4.98 Å². The highest BCUT2D eigenvalue weighted by Gasteiger charge is 2.17. The van der Waals surface area contributed by atoms with Crippen LogP contribution >= 0.6 is 11.8 Å². The van der Waals surface area contributed by atoms with Gasteiger partial charge < -0.3 is 10.5 Å².